The third kappa shape index (κ3) is 2.58. The molecule has 0 saturated heterocycles. The van der Waals surface area contributed by atoms with Crippen LogP contribution in [0.1, 0.15) is 24.2 Å². The van der Waals surface area contributed by atoms with Gasteiger partial charge in [0, 0.05) is 5.56 Å². The van der Waals surface area contributed by atoms with Gasteiger partial charge in [0.25, 0.3) is 0 Å². The van der Waals surface area contributed by atoms with Crippen LogP contribution in [-0.2, 0) is 9.53 Å². The molecule has 2 N–H and O–H groups in total. The number of aliphatic hydroxyl groups excluding tert-OH is 1. The number of ether oxygens (including phenoxy) is 1. The molecule has 0 aliphatic carbocycles. The predicted molar refractivity (Wildman–Crippen MR) is 75.3 cm³/mol. The molecule has 0 fully saturated rings. The number of thiazole rings is 1. The number of aromatic hydroxyl groups is 1. The van der Waals surface area contributed by atoms with Crippen molar-refractivity contribution in [1.82, 2.24) is 4.98 Å². The Labute approximate surface area is 122 Å². The van der Waals surface area contributed by atoms with Crippen LogP contribution in [0.4, 0.5) is 0 Å². The van der Waals surface area contributed by atoms with Crippen molar-refractivity contribution in [2.24, 2.45) is 0 Å². The number of halogens is 1. The summed E-state index contributed by atoms with van der Waals surface area (Å²) in [5.74, 6) is -0.900. The highest BCUT2D eigenvalue weighted by atomic mass is 79.9. The number of fused-ring (bicyclic) bond motifs is 1. The lowest BCUT2D eigenvalue weighted by Gasteiger charge is -2.14. The van der Waals surface area contributed by atoms with Crippen molar-refractivity contribution < 1.29 is 19.7 Å². The van der Waals surface area contributed by atoms with Gasteiger partial charge in [-0.1, -0.05) is 0 Å². The lowest BCUT2D eigenvalue weighted by Crippen LogP contribution is -2.16. The van der Waals surface area contributed by atoms with E-state index in [4.69, 9.17) is 4.74 Å². The molecule has 1 atom stereocenters. The average molecular weight is 346 g/mol. The molecule has 1 aromatic heterocycles. The van der Waals surface area contributed by atoms with Gasteiger partial charge in [-0.2, -0.15) is 0 Å². The average Bonchev–Trinajstić information content (AvgIpc) is 2.70. The van der Waals surface area contributed by atoms with Crippen LogP contribution < -0.4 is 0 Å². The van der Waals surface area contributed by atoms with Gasteiger partial charge in [-0.05, 0) is 41.4 Å². The lowest BCUT2D eigenvalue weighted by molar-refractivity contribution is -0.153. The fourth-order valence-electron chi connectivity index (χ4n) is 1.85. The highest BCUT2D eigenvalue weighted by molar-refractivity contribution is 9.11. The first-order valence-electron chi connectivity index (χ1n) is 5.58. The number of carbonyl (C=O) groups is 1. The van der Waals surface area contributed by atoms with E-state index in [1.165, 1.54) is 11.3 Å². The molecule has 5 nitrogen and oxygen atoms in total. The molecule has 2 aromatic rings. The standard InChI is InChI=1S/C12H12BrNO4S/c1-3-18-11(17)9(16)7-5(2)4-6-10(8(7)15)19-12(13)14-6/h4,9,15-16H,3H2,1-2H3. The topological polar surface area (TPSA) is 79.7 Å². The Balaban J connectivity index is 2.56. The number of benzene rings is 1. The number of aliphatic hydroxyl groups is 1. The van der Waals surface area contributed by atoms with Gasteiger partial charge >= 0.3 is 5.97 Å². The Morgan fingerprint density at radius 2 is 2.32 bits per heavy atom. The zero-order valence-electron chi connectivity index (χ0n) is 10.3. The van der Waals surface area contributed by atoms with E-state index < -0.39 is 12.1 Å². The molecule has 0 spiro atoms. The van der Waals surface area contributed by atoms with Crippen molar-refractivity contribution in [2.45, 2.75) is 20.0 Å². The quantitative estimate of drug-likeness (QED) is 0.836. The SMILES string of the molecule is CCOC(=O)C(O)c1c(C)cc2nc(Br)sc2c1O. The molecule has 102 valence electrons. The number of hydrogen-bond acceptors (Lipinski definition) is 6. The summed E-state index contributed by atoms with van der Waals surface area (Å²) in [6.45, 7) is 3.52. The van der Waals surface area contributed by atoms with Crippen LogP contribution in [0.25, 0.3) is 10.2 Å². The molecule has 0 bridgehead atoms. The minimum absolute atomic E-state index is 0.126. The summed E-state index contributed by atoms with van der Waals surface area (Å²) in [7, 11) is 0. The van der Waals surface area contributed by atoms with Crippen LogP contribution in [0.15, 0.2) is 9.98 Å². The van der Waals surface area contributed by atoms with Crippen LogP contribution in [0.3, 0.4) is 0 Å². The summed E-state index contributed by atoms with van der Waals surface area (Å²) >= 11 is 4.48. The van der Waals surface area contributed by atoms with Gasteiger partial charge in [-0.15, -0.1) is 11.3 Å². The summed E-state index contributed by atoms with van der Waals surface area (Å²) in [5.41, 5.74) is 1.37. The van der Waals surface area contributed by atoms with Gasteiger partial charge in [-0.25, -0.2) is 9.78 Å². The number of rotatable bonds is 3. The second-order valence-electron chi connectivity index (χ2n) is 3.93. The molecule has 0 saturated carbocycles. The zero-order valence-corrected chi connectivity index (χ0v) is 12.7. The summed E-state index contributed by atoms with van der Waals surface area (Å²) in [6.07, 6.45) is -1.50. The number of hydrogen-bond donors (Lipinski definition) is 2. The summed E-state index contributed by atoms with van der Waals surface area (Å²) in [5, 5.41) is 20.2. The predicted octanol–water partition coefficient (Wildman–Crippen LogP) is 2.67. The minimum Gasteiger partial charge on any atom is -0.506 e. The van der Waals surface area contributed by atoms with E-state index in [-0.39, 0.29) is 17.9 Å². The largest absolute Gasteiger partial charge is 0.506 e. The molecule has 0 radical (unpaired) electrons. The number of nitrogens with zero attached hydrogens (tertiary/aromatic N) is 1. The van der Waals surface area contributed by atoms with Gasteiger partial charge < -0.3 is 14.9 Å². The van der Waals surface area contributed by atoms with Crippen molar-refractivity contribution in [3.05, 3.63) is 21.1 Å². The van der Waals surface area contributed by atoms with E-state index in [0.717, 1.165) is 0 Å². The van der Waals surface area contributed by atoms with E-state index in [0.29, 0.717) is 19.7 Å². The maximum Gasteiger partial charge on any atom is 0.339 e. The molecule has 19 heavy (non-hydrogen) atoms. The highest BCUT2D eigenvalue weighted by Gasteiger charge is 2.26. The number of aryl methyl sites for hydroxylation is 1. The van der Waals surface area contributed by atoms with E-state index in [1.54, 1.807) is 19.9 Å². The zero-order chi connectivity index (χ0) is 14.2. The molecule has 0 amide bonds. The Kier molecular flexibility index (Phi) is 4.07. The minimum atomic E-state index is -1.50. The third-order valence-corrected chi connectivity index (χ3v) is 4.19. The number of phenols is 1. The van der Waals surface area contributed by atoms with Crippen LogP contribution >= 0.6 is 27.3 Å². The molecule has 7 heteroatoms. The van der Waals surface area contributed by atoms with Crippen molar-refractivity contribution in [3.63, 3.8) is 0 Å². The van der Waals surface area contributed by atoms with Gasteiger partial charge in [-0.3, -0.25) is 0 Å². The van der Waals surface area contributed by atoms with Crippen molar-refractivity contribution in [3.8, 4) is 5.75 Å². The van der Waals surface area contributed by atoms with Crippen LogP contribution in [0, 0.1) is 6.92 Å². The van der Waals surface area contributed by atoms with Crippen LogP contribution in [-0.4, -0.2) is 27.8 Å². The smallest absolute Gasteiger partial charge is 0.339 e. The van der Waals surface area contributed by atoms with Crippen molar-refractivity contribution >= 4 is 43.5 Å². The van der Waals surface area contributed by atoms with Crippen LogP contribution in [0.5, 0.6) is 5.75 Å². The first-order chi connectivity index (χ1) is 8.95. The molecule has 0 aliphatic heterocycles. The van der Waals surface area contributed by atoms with E-state index in [2.05, 4.69) is 20.9 Å². The maximum atomic E-state index is 11.6. The van der Waals surface area contributed by atoms with E-state index in [1.807, 2.05) is 0 Å². The molecular weight excluding hydrogens is 334 g/mol. The number of carbonyl (C=O) groups excluding carboxylic acids is 1. The van der Waals surface area contributed by atoms with Gasteiger partial charge in [0.1, 0.15) is 5.75 Å². The molecule has 2 rings (SSSR count). The highest BCUT2D eigenvalue weighted by Crippen LogP contribution is 2.40. The molecule has 0 aliphatic rings. The summed E-state index contributed by atoms with van der Waals surface area (Å²) in [6, 6.07) is 1.72. The first-order valence-corrected chi connectivity index (χ1v) is 7.19. The Hall–Kier alpha value is -1.18. The second kappa shape index (κ2) is 5.44. The normalized spacial score (nSPS) is 12.6. The fourth-order valence-corrected chi connectivity index (χ4v) is 3.25. The Morgan fingerprint density at radius 3 is 2.95 bits per heavy atom. The number of aromatic nitrogens is 1. The maximum absolute atomic E-state index is 11.6. The van der Waals surface area contributed by atoms with Gasteiger partial charge in [0.05, 0.1) is 16.8 Å². The van der Waals surface area contributed by atoms with Crippen molar-refractivity contribution in [2.75, 3.05) is 6.61 Å². The second-order valence-corrected chi connectivity index (χ2v) is 6.20. The molecule has 1 heterocycles. The summed E-state index contributed by atoms with van der Waals surface area (Å²) in [4.78, 5) is 15.8. The molecule has 1 unspecified atom stereocenters. The van der Waals surface area contributed by atoms with Crippen LogP contribution in [0.2, 0.25) is 0 Å². The first kappa shape index (κ1) is 14.2. The fraction of sp³-hybridized carbons (Fsp3) is 0.333. The van der Waals surface area contributed by atoms with E-state index in [9.17, 15) is 15.0 Å². The number of phenolic OH excluding ortho intramolecular Hbond substituents is 1. The monoisotopic (exact) mass is 345 g/mol. The van der Waals surface area contributed by atoms with Crippen molar-refractivity contribution in [1.29, 1.82) is 0 Å². The Bertz CT molecular complexity index is 640. The number of esters is 1. The Morgan fingerprint density at radius 1 is 1.63 bits per heavy atom. The molecule has 1 aromatic carbocycles. The summed E-state index contributed by atoms with van der Waals surface area (Å²) < 4.78 is 5.91. The van der Waals surface area contributed by atoms with E-state index >= 15 is 0 Å². The molecular formula is C12H12BrNO4S. The third-order valence-electron chi connectivity index (χ3n) is 2.66. The lowest BCUT2D eigenvalue weighted by atomic mass is 10.0. The van der Waals surface area contributed by atoms with Gasteiger partial charge in [0.15, 0.2) is 10.0 Å². The van der Waals surface area contributed by atoms with Gasteiger partial charge in [0.2, 0.25) is 0 Å².